The first-order valence-electron chi connectivity index (χ1n) is 5.49. The van der Waals surface area contributed by atoms with E-state index in [1.165, 1.54) is 23.6 Å². The molecule has 0 atom stereocenters. The van der Waals surface area contributed by atoms with E-state index in [4.69, 9.17) is 0 Å². The number of pyridine rings is 1. The monoisotopic (exact) mass is 265 g/mol. The van der Waals surface area contributed by atoms with Gasteiger partial charge < -0.3 is 0 Å². The molecule has 0 unspecified atom stereocenters. The number of aryl methyl sites for hydroxylation is 2. The topological polar surface area (TPSA) is 54.9 Å². The quantitative estimate of drug-likeness (QED) is 0.868. The molecule has 1 amide bonds. The number of carbonyl (C=O) groups is 1. The van der Waals surface area contributed by atoms with E-state index in [0.717, 1.165) is 23.1 Å². The summed E-state index contributed by atoms with van der Waals surface area (Å²) in [6, 6.07) is 2.55. The smallest absolute Gasteiger partial charge is 0.257 e. The molecule has 0 aliphatic heterocycles. The number of hydrogen-bond acceptors (Lipinski definition) is 4. The van der Waals surface area contributed by atoms with Gasteiger partial charge in [-0.2, -0.15) is 4.39 Å². The van der Waals surface area contributed by atoms with E-state index in [1.54, 1.807) is 0 Å². The molecular formula is C12H12FN3OS. The van der Waals surface area contributed by atoms with Crippen LogP contribution in [0.5, 0.6) is 0 Å². The Labute approximate surface area is 108 Å². The first-order valence-corrected chi connectivity index (χ1v) is 6.31. The number of thiazole rings is 1. The van der Waals surface area contributed by atoms with Gasteiger partial charge in [0, 0.05) is 22.7 Å². The fraction of sp³-hybridized carbons (Fsp3) is 0.250. The Hall–Kier alpha value is -1.82. The molecule has 18 heavy (non-hydrogen) atoms. The van der Waals surface area contributed by atoms with Gasteiger partial charge in [-0.1, -0.05) is 6.92 Å². The highest BCUT2D eigenvalue weighted by atomic mass is 32.1. The Morgan fingerprint density at radius 2 is 2.33 bits per heavy atom. The third-order valence-corrected chi connectivity index (χ3v) is 3.37. The summed E-state index contributed by atoms with van der Waals surface area (Å²) in [5, 5.41) is 3.19. The van der Waals surface area contributed by atoms with E-state index >= 15 is 0 Å². The highest BCUT2D eigenvalue weighted by Crippen LogP contribution is 2.22. The Kier molecular flexibility index (Phi) is 3.66. The van der Waals surface area contributed by atoms with Crippen molar-refractivity contribution in [3.05, 3.63) is 40.4 Å². The summed E-state index contributed by atoms with van der Waals surface area (Å²) in [5.41, 5.74) is 1.20. The van der Waals surface area contributed by atoms with E-state index in [-0.39, 0.29) is 11.5 Å². The Bertz CT molecular complexity index is 582. The molecule has 0 radical (unpaired) electrons. The van der Waals surface area contributed by atoms with Gasteiger partial charge in [-0.15, -0.1) is 11.3 Å². The van der Waals surface area contributed by atoms with Crippen molar-refractivity contribution in [2.45, 2.75) is 20.3 Å². The predicted octanol–water partition coefficient (Wildman–Crippen LogP) is 2.80. The number of nitrogens with one attached hydrogen (secondary N) is 1. The number of nitrogens with zero attached hydrogens (tertiary/aromatic N) is 2. The van der Waals surface area contributed by atoms with Crippen LogP contribution in [0.15, 0.2) is 18.3 Å². The van der Waals surface area contributed by atoms with Crippen molar-refractivity contribution in [3.63, 3.8) is 0 Å². The standard InChI is InChI=1S/C12H12FN3OS/c1-3-9-7(2)18-12(15-9)16-11(17)8-4-5-14-10(13)6-8/h4-6H,3H2,1-2H3,(H,15,16,17). The van der Waals surface area contributed by atoms with Crippen LogP contribution >= 0.6 is 11.3 Å². The molecule has 4 nitrogen and oxygen atoms in total. The fourth-order valence-corrected chi connectivity index (χ4v) is 2.42. The lowest BCUT2D eigenvalue weighted by Crippen LogP contribution is -2.12. The molecule has 0 saturated carbocycles. The minimum atomic E-state index is -0.674. The van der Waals surface area contributed by atoms with Crippen LogP contribution in [-0.2, 0) is 6.42 Å². The van der Waals surface area contributed by atoms with E-state index in [9.17, 15) is 9.18 Å². The minimum absolute atomic E-state index is 0.230. The van der Waals surface area contributed by atoms with Crippen molar-refractivity contribution in [2.75, 3.05) is 5.32 Å². The molecule has 1 N–H and O–H groups in total. The van der Waals surface area contributed by atoms with Gasteiger partial charge in [0.05, 0.1) is 5.69 Å². The second-order valence-electron chi connectivity index (χ2n) is 3.70. The second-order valence-corrected chi connectivity index (χ2v) is 4.90. The van der Waals surface area contributed by atoms with Crippen LogP contribution in [0.2, 0.25) is 0 Å². The molecule has 94 valence electrons. The lowest BCUT2D eigenvalue weighted by Gasteiger charge is -2.00. The number of anilines is 1. The summed E-state index contributed by atoms with van der Waals surface area (Å²) in [7, 11) is 0. The number of aromatic nitrogens is 2. The van der Waals surface area contributed by atoms with Gasteiger partial charge in [0.25, 0.3) is 5.91 Å². The van der Waals surface area contributed by atoms with Crippen LogP contribution in [0.1, 0.15) is 27.9 Å². The average Bonchev–Trinajstić information content (AvgIpc) is 2.69. The number of hydrogen-bond donors (Lipinski definition) is 1. The van der Waals surface area contributed by atoms with Crippen molar-refractivity contribution in [1.82, 2.24) is 9.97 Å². The van der Waals surface area contributed by atoms with Crippen molar-refractivity contribution in [2.24, 2.45) is 0 Å². The lowest BCUT2D eigenvalue weighted by molar-refractivity contribution is 0.102. The molecule has 6 heteroatoms. The van der Waals surface area contributed by atoms with Gasteiger partial charge in [-0.05, 0) is 19.4 Å². The lowest BCUT2D eigenvalue weighted by atomic mass is 10.2. The van der Waals surface area contributed by atoms with Crippen molar-refractivity contribution in [3.8, 4) is 0 Å². The molecule has 2 rings (SSSR count). The number of rotatable bonds is 3. The third kappa shape index (κ3) is 2.70. The summed E-state index contributed by atoms with van der Waals surface area (Å²) in [4.78, 5) is 20.6. The number of amides is 1. The largest absolute Gasteiger partial charge is 0.298 e. The van der Waals surface area contributed by atoms with Gasteiger partial charge in [-0.25, -0.2) is 9.97 Å². The van der Waals surface area contributed by atoms with E-state index < -0.39 is 5.95 Å². The molecular weight excluding hydrogens is 253 g/mol. The van der Waals surface area contributed by atoms with E-state index in [1.807, 2.05) is 13.8 Å². The molecule has 2 aromatic heterocycles. The van der Waals surface area contributed by atoms with Gasteiger partial charge in [-0.3, -0.25) is 10.1 Å². The van der Waals surface area contributed by atoms with E-state index in [0.29, 0.717) is 5.13 Å². The summed E-state index contributed by atoms with van der Waals surface area (Å²) in [6.45, 7) is 3.96. The van der Waals surface area contributed by atoms with Gasteiger partial charge in [0.1, 0.15) is 0 Å². The second kappa shape index (κ2) is 5.22. The van der Waals surface area contributed by atoms with Gasteiger partial charge in [0.2, 0.25) is 5.95 Å². The maximum atomic E-state index is 12.9. The third-order valence-electron chi connectivity index (χ3n) is 2.44. The molecule has 0 aliphatic rings. The van der Waals surface area contributed by atoms with E-state index in [2.05, 4.69) is 15.3 Å². The first-order chi connectivity index (χ1) is 8.60. The SMILES string of the molecule is CCc1nc(NC(=O)c2ccnc(F)c2)sc1C. The summed E-state index contributed by atoms with van der Waals surface area (Å²) < 4.78 is 12.9. The maximum Gasteiger partial charge on any atom is 0.257 e. The zero-order chi connectivity index (χ0) is 13.1. The summed E-state index contributed by atoms with van der Waals surface area (Å²) >= 11 is 1.41. The fourth-order valence-electron chi connectivity index (χ4n) is 1.52. The first kappa shape index (κ1) is 12.6. The molecule has 0 fully saturated rings. The van der Waals surface area contributed by atoms with Crippen molar-refractivity contribution < 1.29 is 9.18 Å². The minimum Gasteiger partial charge on any atom is -0.298 e. The Balaban J connectivity index is 2.16. The van der Waals surface area contributed by atoms with Crippen LogP contribution in [0.3, 0.4) is 0 Å². The van der Waals surface area contributed by atoms with Crippen LogP contribution < -0.4 is 5.32 Å². The highest BCUT2D eigenvalue weighted by molar-refractivity contribution is 7.15. The van der Waals surface area contributed by atoms with Crippen LogP contribution in [-0.4, -0.2) is 15.9 Å². The normalized spacial score (nSPS) is 10.4. The van der Waals surface area contributed by atoms with Gasteiger partial charge in [0.15, 0.2) is 5.13 Å². The Morgan fingerprint density at radius 3 is 2.94 bits per heavy atom. The zero-order valence-electron chi connectivity index (χ0n) is 10.0. The Morgan fingerprint density at radius 1 is 1.56 bits per heavy atom. The maximum absolute atomic E-state index is 12.9. The molecule has 2 heterocycles. The summed E-state index contributed by atoms with van der Waals surface area (Å²) in [5.74, 6) is -1.06. The van der Waals surface area contributed by atoms with Crippen molar-refractivity contribution >= 4 is 22.4 Å². The molecule has 0 aromatic carbocycles. The van der Waals surface area contributed by atoms with Crippen molar-refractivity contribution in [1.29, 1.82) is 0 Å². The average molecular weight is 265 g/mol. The molecule has 2 aromatic rings. The summed E-state index contributed by atoms with van der Waals surface area (Å²) in [6.07, 6.45) is 2.08. The molecule has 0 bridgehead atoms. The van der Waals surface area contributed by atoms with Crippen LogP contribution in [0.25, 0.3) is 0 Å². The van der Waals surface area contributed by atoms with Crippen LogP contribution in [0.4, 0.5) is 9.52 Å². The number of halogens is 1. The molecule has 0 aliphatic carbocycles. The zero-order valence-corrected chi connectivity index (χ0v) is 10.8. The molecule has 0 saturated heterocycles. The van der Waals surface area contributed by atoms with Gasteiger partial charge >= 0.3 is 0 Å². The van der Waals surface area contributed by atoms with Crippen LogP contribution in [0, 0.1) is 12.9 Å². The highest BCUT2D eigenvalue weighted by Gasteiger charge is 2.11. The molecule has 0 spiro atoms. The number of carbonyl (C=O) groups excluding carboxylic acids is 1. The predicted molar refractivity (Wildman–Crippen MR) is 68.4 cm³/mol.